The number of aryl methyl sites for hydroxylation is 1. The number of nitriles is 1. The summed E-state index contributed by atoms with van der Waals surface area (Å²) in [6.45, 7) is 0. The van der Waals surface area contributed by atoms with Gasteiger partial charge in [-0.3, -0.25) is 19.4 Å². The molecule has 29 heavy (non-hydrogen) atoms. The van der Waals surface area contributed by atoms with Gasteiger partial charge in [0.05, 0.1) is 22.6 Å². The molecule has 0 atom stereocenters. The third-order valence-electron chi connectivity index (χ3n) is 4.19. The zero-order chi connectivity index (χ0) is 20.2. The molecule has 4 heterocycles. The SMILES string of the molecule is Cn1cc(NC(=O)c2ccc(C#N)c(-c3ccncc3)n2)c(-c2ccccn2)n1. The van der Waals surface area contributed by atoms with E-state index in [1.165, 1.54) is 6.07 Å². The Morgan fingerprint density at radius 1 is 1.07 bits per heavy atom. The van der Waals surface area contributed by atoms with E-state index in [2.05, 4.69) is 31.4 Å². The van der Waals surface area contributed by atoms with Gasteiger partial charge in [-0.25, -0.2) is 4.98 Å². The zero-order valence-corrected chi connectivity index (χ0v) is 15.4. The van der Waals surface area contributed by atoms with Crippen LogP contribution in [0.2, 0.25) is 0 Å². The number of nitrogens with one attached hydrogen (secondary N) is 1. The van der Waals surface area contributed by atoms with Crippen LogP contribution in [0, 0.1) is 11.3 Å². The Morgan fingerprint density at radius 2 is 1.90 bits per heavy atom. The van der Waals surface area contributed by atoms with Gasteiger partial charge >= 0.3 is 0 Å². The van der Waals surface area contributed by atoms with Crippen molar-refractivity contribution < 1.29 is 4.79 Å². The molecule has 1 N–H and O–H groups in total. The summed E-state index contributed by atoms with van der Waals surface area (Å²) in [5, 5.41) is 16.6. The van der Waals surface area contributed by atoms with E-state index in [1.807, 2.05) is 18.2 Å². The first-order valence-corrected chi connectivity index (χ1v) is 8.73. The van der Waals surface area contributed by atoms with Gasteiger partial charge in [-0.1, -0.05) is 6.07 Å². The summed E-state index contributed by atoms with van der Waals surface area (Å²) in [5.74, 6) is -0.407. The van der Waals surface area contributed by atoms with E-state index in [9.17, 15) is 10.1 Å². The molecule has 0 spiro atoms. The quantitative estimate of drug-likeness (QED) is 0.582. The Labute approximate surface area is 166 Å². The van der Waals surface area contributed by atoms with Gasteiger partial charge in [0, 0.05) is 37.4 Å². The van der Waals surface area contributed by atoms with Crippen LogP contribution in [0.15, 0.2) is 67.3 Å². The summed E-state index contributed by atoms with van der Waals surface area (Å²) in [6.07, 6.45) is 6.59. The van der Waals surface area contributed by atoms with Crippen molar-refractivity contribution in [1.29, 1.82) is 5.26 Å². The number of anilines is 1. The summed E-state index contributed by atoms with van der Waals surface area (Å²) in [6, 6.07) is 14.2. The van der Waals surface area contributed by atoms with E-state index in [4.69, 9.17) is 0 Å². The molecular formula is C21H15N7O. The van der Waals surface area contributed by atoms with Gasteiger partial charge in [0.2, 0.25) is 0 Å². The summed E-state index contributed by atoms with van der Waals surface area (Å²) in [4.78, 5) is 25.5. The average Bonchev–Trinajstić information content (AvgIpc) is 3.14. The molecule has 0 radical (unpaired) electrons. The number of amides is 1. The standard InChI is InChI=1S/C21H15N7O/c1-28-13-18(20(27-28)16-4-2-3-9-24-16)26-21(29)17-6-5-15(12-22)19(25-17)14-7-10-23-11-8-14/h2-11,13H,1H3,(H,26,29). The number of hydrogen-bond donors (Lipinski definition) is 1. The molecule has 8 nitrogen and oxygen atoms in total. The maximum atomic E-state index is 12.9. The van der Waals surface area contributed by atoms with Crippen molar-refractivity contribution in [2.75, 3.05) is 5.32 Å². The molecule has 0 fully saturated rings. The highest BCUT2D eigenvalue weighted by Gasteiger charge is 2.17. The number of rotatable bonds is 4. The summed E-state index contributed by atoms with van der Waals surface area (Å²) < 4.78 is 1.61. The molecule has 0 aromatic carbocycles. The summed E-state index contributed by atoms with van der Waals surface area (Å²) in [5.41, 5.74) is 3.43. The molecule has 0 aliphatic heterocycles. The van der Waals surface area contributed by atoms with Gasteiger partial charge in [0.1, 0.15) is 17.5 Å². The highest BCUT2D eigenvalue weighted by molar-refractivity contribution is 6.05. The number of pyridine rings is 3. The van der Waals surface area contributed by atoms with Crippen LogP contribution in [0.4, 0.5) is 5.69 Å². The monoisotopic (exact) mass is 381 g/mol. The number of aromatic nitrogens is 5. The molecule has 4 aromatic heterocycles. The molecule has 8 heteroatoms. The molecule has 0 bridgehead atoms. The molecule has 140 valence electrons. The van der Waals surface area contributed by atoms with E-state index in [-0.39, 0.29) is 5.69 Å². The Bertz CT molecular complexity index is 1210. The Kier molecular flexibility index (Phi) is 4.78. The molecule has 0 aliphatic carbocycles. The van der Waals surface area contributed by atoms with E-state index < -0.39 is 5.91 Å². The average molecular weight is 381 g/mol. The fraction of sp³-hybridized carbons (Fsp3) is 0.0476. The fourth-order valence-electron chi connectivity index (χ4n) is 2.86. The second-order valence-electron chi connectivity index (χ2n) is 6.17. The smallest absolute Gasteiger partial charge is 0.274 e. The van der Waals surface area contributed by atoms with Gasteiger partial charge in [0.25, 0.3) is 5.91 Å². The normalized spacial score (nSPS) is 10.3. The van der Waals surface area contributed by atoms with Gasteiger partial charge in [-0.2, -0.15) is 10.4 Å². The first-order valence-electron chi connectivity index (χ1n) is 8.73. The van der Waals surface area contributed by atoms with Crippen molar-refractivity contribution in [3.05, 3.63) is 78.5 Å². The van der Waals surface area contributed by atoms with E-state index in [0.29, 0.717) is 33.9 Å². The number of carbonyl (C=O) groups excluding carboxylic acids is 1. The second kappa shape index (κ2) is 7.70. The zero-order valence-electron chi connectivity index (χ0n) is 15.4. The Hall–Kier alpha value is -4.38. The van der Waals surface area contributed by atoms with E-state index >= 15 is 0 Å². The van der Waals surface area contributed by atoms with Gasteiger partial charge in [-0.15, -0.1) is 0 Å². The third kappa shape index (κ3) is 3.70. The Balaban J connectivity index is 1.68. The maximum Gasteiger partial charge on any atom is 0.274 e. The predicted octanol–water partition coefficient (Wildman–Crippen LogP) is 3.06. The minimum absolute atomic E-state index is 0.187. The van der Waals surface area contributed by atoms with Gasteiger partial charge < -0.3 is 5.32 Å². The lowest BCUT2D eigenvalue weighted by molar-refractivity contribution is 0.102. The summed E-state index contributed by atoms with van der Waals surface area (Å²) >= 11 is 0. The summed E-state index contributed by atoms with van der Waals surface area (Å²) in [7, 11) is 1.77. The highest BCUT2D eigenvalue weighted by Crippen LogP contribution is 2.25. The number of nitrogens with zero attached hydrogens (tertiary/aromatic N) is 6. The topological polar surface area (TPSA) is 109 Å². The van der Waals surface area contributed by atoms with Crippen molar-refractivity contribution in [3.8, 4) is 28.7 Å². The van der Waals surface area contributed by atoms with Crippen LogP contribution in [0.25, 0.3) is 22.6 Å². The lowest BCUT2D eigenvalue weighted by atomic mass is 10.1. The van der Waals surface area contributed by atoms with Crippen molar-refractivity contribution in [3.63, 3.8) is 0 Å². The molecule has 0 saturated carbocycles. The van der Waals surface area contributed by atoms with E-state index in [0.717, 1.165) is 0 Å². The molecular weight excluding hydrogens is 366 g/mol. The van der Waals surface area contributed by atoms with Crippen molar-refractivity contribution in [2.24, 2.45) is 7.05 Å². The molecule has 1 amide bonds. The second-order valence-corrected chi connectivity index (χ2v) is 6.17. The highest BCUT2D eigenvalue weighted by atomic mass is 16.1. The molecule has 0 unspecified atom stereocenters. The van der Waals surface area contributed by atoms with Crippen LogP contribution < -0.4 is 5.32 Å². The third-order valence-corrected chi connectivity index (χ3v) is 4.19. The predicted molar refractivity (Wildman–Crippen MR) is 107 cm³/mol. The van der Waals surface area contributed by atoms with Crippen LogP contribution >= 0.6 is 0 Å². The first kappa shape index (κ1) is 18.0. The lowest BCUT2D eigenvalue weighted by Gasteiger charge is -2.08. The van der Waals surface area contributed by atoms with Gasteiger partial charge in [-0.05, 0) is 36.4 Å². The van der Waals surface area contributed by atoms with Crippen molar-refractivity contribution >= 4 is 11.6 Å². The Morgan fingerprint density at radius 3 is 2.62 bits per heavy atom. The van der Waals surface area contributed by atoms with Gasteiger partial charge in [0.15, 0.2) is 0 Å². The van der Waals surface area contributed by atoms with Crippen LogP contribution in [-0.4, -0.2) is 30.6 Å². The first-order chi connectivity index (χ1) is 14.2. The largest absolute Gasteiger partial charge is 0.317 e. The van der Waals surface area contributed by atoms with Crippen molar-refractivity contribution in [2.45, 2.75) is 0 Å². The van der Waals surface area contributed by atoms with E-state index in [1.54, 1.807) is 54.7 Å². The fourth-order valence-corrected chi connectivity index (χ4v) is 2.86. The van der Waals surface area contributed by atoms with Crippen LogP contribution in [0.5, 0.6) is 0 Å². The van der Waals surface area contributed by atoms with Crippen LogP contribution in [-0.2, 0) is 7.05 Å². The molecule has 0 aliphatic rings. The lowest BCUT2D eigenvalue weighted by Crippen LogP contribution is -2.14. The molecule has 0 saturated heterocycles. The molecule has 4 aromatic rings. The number of carbonyl (C=O) groups is 1. The molecule has 4 rings (SSSR count). The minimum atomic E-state index is -0.407. The minimum Gasteiger partial charge on any atom is -0.317 e. The van der Waals surface area contributed by atoms with Crippen LogP contribution in [0.3, 0.4) is 0 Å². The maximum absolute atomic E-state index is 12.9. The van der Waals surface area contributed by atoms with Crippen LogP contribution in [0.1, 0.15) is 16.1 Å². The van der Waals surface area contributed by atoms with Crippen molar-refractivity contribution in [1.82, 2.24) is 24.7 Å². The number of hydrogen-bond acceptors (Lipinski definition) is 6.